The van der Waals surface area contributed by atoms with E-state index in [0.29, 0.717) is 6.04 Å². The highest BCUT2D eigenvalue weighted by molar-refractivity contribution is 6.30. The molecule has 0 aromatic heterocycles. The summed E-state index contributed by atoms with van der Waals surface area (Å²) in [5, 5.41) is 13.8. The normalized spacial score (nSPS) is 13.9. The molecule has 20 heavy (non-hydrogen) atoms. The van der Waals surface area contributed by atoms with E-state index < -0.39 is 0 Å². The van der Waals surface area contributed by atoms with Crippen molar-refractivity contribution in [1.29, 1.82) is 0 Å². The molecule has 0 radical (unpaired) electrons. The van der Waals surface area contributed by atoms with Gasteiger partial charge in [0.05, 0.1) is 6.04 Å². The number of hydrogen-bond acceptors (Lipinski definition) is 2. The number of rotatable bonds is 5. The molecule has 0 heterocycles. The van der Waals surface area contributed by atoms with Gasteiger partial charge in [0.2, 0.25) is 0 Å². The van der Waals surface area contributed by atoms with Gasteiger partial charge in [0, 0.05) is 11.1 Å². The van der Waals surface area contributed by atoms with Crippen LogP contribution in [-0.2, 0) is 0 Å². The molecule has 0 amide bonds. The predicted molar refractivity (Wildman–Crippen MR) is 84.3 cm³/mol. The van der Waals surface area contributed by atoms with E-state index in [-0.39, 0.29) is 11.8 Å². The van der Waals surface area contributed by atoms with Crippen molar-refractivity contribution in [3.05, 3.63) is 64.7 Å². The average molecular weight is 290 g/mol. The van der Waals surface area contributed by atoms with Crippen LogP contribution in [0.25, 0.3) is 0 Å². The summed E-state index contributed by atoms with van der Waals surface area (Å²) >= 11 is 5.96. The van der Waals surface area contributed by atoms with Crippen molar-refractivity contribution in [3.63, 3.8) is 0 Å². The molecular weight excluding hydrogens is 270 g/mol. The summed E-state index contributed by atoms with van der Waals surface area (Å²) in [4.78, 5) is 0. The number of aromatic hydroxyl groups is 1. The molecule has 0 saturated heterocycles. The topological polar surface area (TPSA) is 32.3 Å². The second-order valence-electron chi connectivity index (χ2n) is 5.05. The van der Waals surface area contributed by atoms with Crippen molar-refractivity contribution >= 4 is 11.6 Å². The minimum absolute atomic E-state index is 0.0998. The first-order valence-electron chi connectivity index (χ1n) is 6.90. The maximum Gasteiger partial charge on any atom is 0.115 e. The summed E-state index contributed by atoms with van der Waals surface area (Å²) in [5.41, 5.74) is 2.30. The molecule has 0 aliphatic heterocycles. The molecule has 0 aliphatic carbocycles. The maximum atomic E-state index is 9.44. The Morgan fingerprint density at radius 3 is 2.00 bits per heavy atom. The Morgan fingerprint density at radius 2 is 1.50 bits per heavy atom. The van der Waals surface area contributed by atoms with Crippen LogP contribution in [0.4, 0.5) is 0 Å². The number of nitrogens with one attached hydrogen (secondary N) is 1. The standard InChI is InChI=1S/C17H20ClNO/c1-3-12(2)19-17(13-4-8-15(18)9-5-13)14-6-10-16(20)11-7-14/h4-12,17,19-20H,3H2,1-2H3. The molecule has 0 bridgehead atoms. The van der Waals surface area contributed by atoms with E-state index in [1.807, 2.05) is 36.4 Å². The zero-order chi connectivity index (χ0) is 14.5. The first-order valence-corrected chi connectivity index (χ1v) is 7.28. The summed E-state index contributed by atoms with van der Waals surface area (Å²) in [7, 11) is 0. The molecule has 3 heteroatoms. The van der Waals surface area contributed by atoms with Crippen molar-refractivity contribution in [2.75, 3.05) is 0 Å². The van der Waals surface area contributed by atoms with Gasteiger partial charge in [-0.1, -0.05) is 42.8 Å². The van der Waals surface area contributed by atoms with Gasteiger partial charge >= 0.3 is 0 Å². The van der Waals surface area contributed by atoms with Gasteiger partial charge in [-0.25, -0.2) is 0 Å². The van der Waals surface area contributed by atoms with Gasteiger partial charge in [-0.3, -0.25) is 0 Å². The molecule has 2 aromatic rings. The van der Waals surface area contributed by atoms with Crippen LogP contribution in [0.15, 0.2) is 48.5 Å². The zero-order valence-electron chi connectivity index (χ0n) is 11.8. The Morgan fingerprint density at radius 1 is 1.00 bits per heavy atom. The lowest BCUT2D eigenvalue weighted by Gasteiger charge is -2.24. The molecule has 106 valence electrons. The largest absolute Gasteiger partial charge is 0.508 e. The fraction of sp³-hybridized carbons (Fsp3) is 0.294. The summed E-state index contributed by atoms with van der Waals surface area (Å²) in [6.45, 7) is 4.33. The lowest BCUT2D eigenvalue weighted by Crippen LogP contribution is -2.30. The third-order valence-corrected chi connectivity index (χ3v) is 3.75. The van der Waals surface area contributed by atoms with E-state index in [0.717, 1.165) is 17.0 Å². The quantitative estimate of drug-likeness (QED) is 0.848. The summed E-state index contributed by atoms with van der Waals surface area (Å²) in [6, 6.07) is 15.7. The number of halogens is 1. The fourth-order valence-corrected chi connectivity index (χ4v) is 2.24. The second kappa shape index (κ2) is 6.78. The summed E-state index contributed by atoms with van der Waals surface area (Å²) in [5.74, 6) is 0.284. The Bertz CT molecular complexity index is 490. The van der Waals surface area contributed by atoms with Crippen LogP contribution >= 0.6 is 11.6 Å². The molecule has 0 saturated carbocycles. The van der Waals surface area contributed by atoms with Crippen molar-refractivity contribution in [2.24, 2.45) is 0 Å². The van der Waals surface area contributed by atoms with Crippen LogP contribution < -0.4 is 5.32 Å². The van der Waals surface area contributed by atoms with Crippen LogP contribution in [0.3, 0.4) is 0 Å². The highest BCUT2D eigenvalue weighted by Crippen LogP contribution is 2.25. The molecule has 2 nitrogen and oxygen atoms in total. The highest BCUT2D eigenvalue weighted by Gasteiger charge is 2.15. The van der Waals surface area contributed by atoms with E-state index in [4.69, 9.17) is 11.6 Å². The summed E-state index contributed by atoms with van der Waals surface area (Å²) in [6.07, 6.45) is 1.06. The molecule has 2 rings (SSSR count). The van der Waals surface area contributed by atoms with Crippen LogP contribution in [-0.4, -0.2) is 11.1 Å². The van der Waals surface area contributed by atoms with Gasteiger partial charge in [0.15, 0.2) is 0 Å². The lowest BCUT2D eigenvalue weighted by atomic mass is 9.97. The molecule has 2 N–H and O–H groups in total. The van der Waals surface area contributed by atoms with E-state index in [1.165, 1.54) is 5.56 Å². The first kappa shape index (κ1) is 14.9. The molecule has 0 spiro atoms. The fourth-order valence-electron chi connectivity index (χ4n) is 2.11. The van der Waals surface area contributed by atoms with Crippen LogP contribution in [0.1, 0.15) is 37.4 Å². The zero-order valence-corrected chi connectivity index (χ0v) is 12.6. The van der Waals surface area contributed by atoms with Gasteiger partial charge in [-0.05, 0) is 48.7 Å². The van der Waals surface area contributed by atoms with E-state index >= 15 is 0 Å². The highest BCUT2D eigenvalue weighted by atomic mass is 35.5. The average Bonchev–Trinajstić information content (AvgIpc) is 2.46. The van der Waals surface area contributed by atoms with E-state index in [2.05, 4.69) is 19.2 Å². The summed E-state index contributed by atoms with van der Waals surface area (Å²) < 4.78 is 0. The van der Waals surface area contributed by atoms with Gasteiger partial charge in [0.25, 0.3) is 0 Å². The molecule has 2 atom stereocenters. The molecule has 2 unspecified atom stereocenters. The monoisotopic (exact) mass is 289 g/mol. The third kappa shape index (κ3) is 3.75. The minimum Gasteiger partial charge on any atom is -0.508 e. The lowest BCUT2D eigenvalue weighted by molar-refractivity contribution is 0.471. The third-order valence-electron chi connectivity index (χ3n) is 3.49. The Balaban J connectivity index is 2.33. The maximum absolute atomic E-state index is 9.44. The van der Waals surface area contributed by atoms with E-state index in [9.17, 15) is 5.11 Å². The SMILES string of the molecule is CCC(C)NC(c1ccc(O)cc1)c1ccc(Cl)cc1. The predicted octanol–water partition coefficient (Wildman–Crippen LogP) is 4.52. The first-order chi connectivity index (χ1) is 9.60. The number of phenols is 1. The number of phenolic OH excluding ortho intramolecular Hbond substituents is 1. The Hall–Kier alpha value is -1.51. The van der Waals surface area contributed by atoms with Crippen LogP contribution in [0, 0.1) is 0 Å². The van der Waals surface area contributed by atoms with Crippen LogP contribution in [0.2, 0.25) is 5.02 Å². The molecular formula is C17H20ClNO. The van der Waals surface area contributed by atoms with Crippen molar-refractivity contribution in [1.82, 2.24) is 5.32 Å². The molecule has 0 aliphatic rings. The van der Waals surface area contributed by atoms with Gasteiger partial charge in [-0.15, -0.1) is 0 Å². The van der Waals surface area contributed by atoms with Crippen molar-refractivity contribution < 1.29 is 5.11 Å². The molecule has 2 aromatic carbocycles. The smallest absolute Gasteiger partial charge is 0.115 e. The van der Waals surface area contributed by atoms with Crippen LogP contribution in [0.5, 0.6) is 5.75 Å². The molecule has 0 fully saturated rings. The number of benzene rings is 2. The van der Waals surface area contributed by atoms with E-state index in [1.54, 1.807) is 12.1 Å². The van der Waals surface area contributed by atoms with Crippen molar-refractivity contribution in [2.45, 2.75) is 32.4 Å². The van der Waals surface area contributed by atoms with Gasteiger partial charge in [0.1, 0.15) is 5.75 Å². The number of hydrogen-bond donors (Lipinski definition) is 2. The minimum atomic E-state index is 0.0998. The Kier molecular flexibility index (Phi) is 5.05. The van der Waals surface area contributed by atoms with Gasteiger partial charge in [-0.2, -0.15) is 0 Å². The second-order valence-corrected chi connectivity index (χ2v) is 5.49. The van der Waals surface area contributed by atoms with Gasteiger partial charge < -0.3 is 10.4 Å². The Labute approximate surface area is 125 Å². The van der Waals surface area contributed by atoms with Crippen molar-refractivity contribution in [3.8, 4) is 5.75 Å².